The fraction of sp³-hybridized carbons (Fsp3) is 1.00. The van der Waals surface area contributed by atoms with Crippen molar-refractivity contribution < 1.29 is 0 Å². The van der Waals surface area contributed by atoms with Crippen LogP contribution in [0.2, 0.25) is 0 Å². The van der Waals surface area contributed by atoms with E-state index in [0.29, 0.717) is 0 Å². The normalized spacial score (nSPS) is 10.4. The lowest BCUT2D eigenvalue weighted by molar-refractivity contribution is 0.594. The second-order valence-corrected chi connectivity index (χ2v) is 2.74. The van der Waals surface area contributed by atoms with Crippen molar-refractivity contribution in [2.45, 2.75) is 25.7 Å². The molecule has 0 saturated carbocycles. The fourth-order valence-electron chi connectivity index (χ4n) is 0.975. The van der Waals surface area contributed by atoms with E-state index in [1.54, 1.807) is 0 Å². The van der Waals surface area contributed by atoms with E-state index in [1.165, 1.54) is 19.3 Å². The zero-order valence-electron chi connectivity index (χ0n) is 7.31. The summed E-state index contributed by atoms with van der Waals surface area (Å²) < 4.78 is 0. The average molecular weight is 159 g/mol. The molecule has 0 radical (unpaired) electrons. The lowest BCUT2D eigenvalue weighted by Crippen LogP contribution is -2.23. The zero-order chi connectivity index (χ0) is 8.36. The summed E-state index contributed by atoms with van der Waals surface area (Å²) in [5.41, 5.74) is 10.7. The van der Waals surface area contributed by atoms with Crippen molar-refractivity contribution in [2.75, 3.05) is 26.2 Å². The Balaban J connectivity index is 2.69. The monoisotopic (exact) mass is 159 g/mol. The Morgan fingerprint density at radius 3 is 2.09 bits per heavy atom. The Hall–Kier alpha value is -0.120. The van der Waals surface area contributed by atoms with Gasteiger partial charge in [0.15, 0.2) is 0 Å². The van der Waals surface area contributed by atoms with Crippen molar-refractivity contribution in [3.63, 3.8) is 0 Å². The van der Waals surface area contributed by atoms with Crippen LogP contribution >= 0.6 is 0 Å². The van der Waals surface area contributed by atoms with Crippen LogP contribution in [-0.4, -0.2) is 26.2 Å². The third kappa shape index (κ3) is 9.88. The van der Waals surface area contributed by atoms with Crippen LogP contribution in [0, 0.1) is 0 Å². The Labute approximate surface area is 69.5 Å². The zero-order valence-corrected chi connectivity index (χ0v) is 7.31. The van der Waals surface area contributed by atoms with E-state index < -0.39 is 0 Å². The first kappa shape index (κ1) is 10.9. The molecule has 0 aromatic heterocycles. The van der Waals surface area contributed by atoms with E-state index in [2.05, 4.69) is 5.32 Å². The summed E-state index contributed by atoms with van der Waals surface area (Å²) in [5, 5.41) is 3.26. The van der Waals surface area contributed by atoms with Crippen LogP contribution in [0.1, 0.15) is 25.7 Å². The molecular weight excluding hydrogens is 138 g/mol. The largest absolute Gasteiger partial charge is 0.330 e. The molecule has 11 heavy (non-hydrogen) atoms. The minimum atomic E-state index is 0.739. The van der Waals surface area contributed by atoms with Gasteiger partial charge in [-0.2, -0.15) is 0 Å². The third-order valence-electron chi connectivity index (χ3n) is 1.63. The maximum atomic E-state index is 5.36. The van der Waals surface area contributed by atoms with E-state index in [4.69, 9.17) is 11.5 Å². The van der Waals surface area contributed by atoms with Crippen LogP contribution in [0.5, 0.6) is 0 Å². The maximum absolute atomic E-state index is 5.36. The molecule has 0 bridgehead atoms. The number of nitrogens with one attached hydrogen (secondary N) is 1. The van der Waals surface area contributed by atoms with Crippen LogP contribution in [0.15, 0.2) is 0 Å². The van der Waals surface area contributed by atoms with Crippen molar-refractivity contribution >= 4 is 0 Å². The van der Waals surface area contributed by atoms with Gasteiger partial charge in [0.2, 0.25) is 0 Å². The molecule has 0 aliphatic rings. The highest BCUT2D eigenvalue weighted by molar-refractivity contribution is 4.49. The number of hydrogen-bond donors (Lipinski definition) is 3. The molecule has 0 aromatic rings. The van der Waals surface area contributed by atoms with Gasteiger partial charge < -0.3 is 16.8 Å². The van der Waals surface area contributed by atoms with E-state index in [0.717, 1.165) is 32.6 Å². The fourth-order valence-corrected chi connectivity index (χ4v) is 0.975. The highest BCUT2D eigenvalue weighted by atomic mass is 14.9. The van der Waals surface area contributed by atoms with Gasteiger partial charge in [0, 0.05) is 13.1 Å². The summed E-state index contributed by atoms with van der Waals surface area (Å²) >= 11 is 0. The van der Waals surface area contributed by atoms with Gasteiger partial charge in [-0.1, -0.05) is 12.8 Å². The van der Waals surface area contributed by atoms with Crippen molar-refractivity contribution in [1.82, 2.24) is 5.32 Å². The van der Waals surface area contributed by atoms with E-state index in [9.17, 15) is 0 Å². The maximum Gasteiger partial charge on any atom is 0.00745 e. The second-order valence-electron chi connectivity index (χ2n) is 2.74. The van der Waals surface area contributed by atoms with Crippen molar-refractivity contribution in [3.8, 4) is 0 Å². The first-order valence-corrected chi connectivity index (χ1v) is 4.52. The van der Waals surface area contributed by atoms with Gasteiger partial charge in [-0.05, 0) is 25.9 Å². The molecule has 0 spiro atoms. The van der Waals surface area contributed by atoms with E-state index >= 15 is 0 Å². The molecule has 0 fully saturated rings. The van der Waals surface area contributed by atoms with Crippen LogP contribution in [0.25, 0.3) is 0 Å². The lowest BCUT2D eigenvalue weighted by Gasteiger charge is -2.01. The van der Waals surface area contributed by atoms with Gasteiger partial charge in [0.1, 0.15) is 0 Å². The summed E-state index contributed by atoms with van der Waals surface area (Å²) in [6.45, 7) is 3.61. The second kappa shape index (κ2) is 9.88. The standard InChI is InChI=1S/C8H21N3/c9-5-3-1-2-4-7-11-8-6-10/h11H,1-10H2. The van der Waals surface area contributed by atoms with Gasteiger partial charge >= 0.3 is 0 Å². The lowest BCUT2D eigenvalue weighted by atomic mass is 10.2. The Kier molecular flexibility index (Phi) is 9.77. The molecule has 68 valence electrons. The quantitative estimate of drug-likeness (QED) is 0.439. The van der Waals surface area contributed by atoms with Crippen LogP contribution < -0.4 is 16.8 Å². The molecule has 0 aliphatic carbocycles. The minimum Gasteiger partial charge on any atom is -0.330 e. The molecule has 0 aromatic carbocycles. The van der Waals surface area contributed by atoms with Crippen molar-refractivity contribution in [2.24, 2.45) is 11.5 Å². The summed E-state index contributed by atoms with van der Waals surface area (Å²) in [7, 11) is 0. The molecular formula is C8H21N3. The predicted molar refractivity (Wildman–Crippen MR) is 49.4 cm³/mol. The molecule has 0 rings (SSSR count). The molecule has 5 N–H and O–H groups in total. The van der Waals surface area contributed by atoms with Gasteiger partial charge in [-0.3, -0.25) is 0 Å². The number of unbranched alkanes of at least 4 members (excludes halogenated alkanes) is 3. The van der Waals surface area contributed by atoms with Crippen molar-refractivity contribution in [3.05, 3.63) is 0 Å². The summed E-state index contributed by atoms with van der Waals surface area (Å²) in [6.07, 6.45) is 4.96. The van der Waals surface area contributed by atoms with E-state index in [-0.39, 0.29) is 0 Å². The molecule has 0 atom stereocenters. The van der Waals surface area contributed by atoms with Crippen molar-refractivity contribution in [1.29, 1.82) is 0 Å². The van der Waals surface area contributed by atoms with Crippen LogP contribution in [-0.2, 0) is 0 Å². The first-order chi connectivity index (χ1) is 5.41. The Bertz CT molecular complexity index is 58.4. The number of rotatable bonds is 8. The molecule has 3 nitrogen and oxygen atoms in total. The molecule has 0 unspecified atom stereocenters. The summed E-state index contributed by atoms with van der Waals surface area (Å²) in [6, 6.07) is 0. The number of nitrogens with two attached hydrogens (primary N) is 2. The summed E-state index contributed by atoms with van der Waals surface area (Å²) in [4.78, 5) is 0. The topological polar surface area (TPSA) is 64.1 Å². The molecule has 0 amide bonds. The summed E-state index contributed by atoms with van der Waals surface area (Å²) in [5.74, 6) is 0. The minimum absolute atomic E-state index is 0.739. The Morgan fingerprint density at radius 2 is 1.45 bits per heavy atom. The van der Waals surface area contributed by atoms with Gasteiger partial charge in [-0.25, -0.2) is 0 Å². The molecule has 0 saturated heterocycles. The third-order valence-corrected chi connectivity index (χ3v) is 1.63. The number of hydrogen-bond acceptors (Lipinski definition) is 3. The first-order valence-electron chi connectivity index (χ1n) is 4.52. The smallest absolute Gasteiger partial charge is 0.00745 e. The highest BCUT2D eigenvalue weighted by Crippen LogP contribution is 1.96. The van der Waals surface area contributed by atoms with Crippen LogP contribution in [0.3, 0.4) is 0 Å². The predicted octanol–water partition coefficient (Wildman–Crippen LogP) is 0.0538. The van der Waals surface area contributed by atoms with Gasteiger partial charge in [0.25, 0.3) is 0 Å². The Morgan fingerprint density at radius 1 is 0.727 bits per heavy atom. The average Bonchev–Trinajstić information content (AvgIpc) is 2.03. The SMILES string of the molecule is NCCCCCCNCCN. The highest BCUT2D eigenvalue weighted by Gasteiger charge is 1.87. The van der Waals surface area contributed by atoms with E-state index in [1.807, 2.05) is 0 Å². The molecule has 0 heterocycles. The van der Waals surface area contributed by atoms with Gasteiger partial charge in [-0.15, -0.1) is 0 Å². The van der Waals surface area contributed by atoms with Crippen LogP contribution in [0.4, 0.5) is 0 Å². The van der Waals surface area contributed by atoms with Gasteiger partial charge in [0.05, 0.1) is 0 Å². The molecule has 0 aliphatic heterocycles. The molecule has 3 heteroatoms.